The smallest absolute Gasteiger partial charge is 0.156 e. The molecule has 0 bridgehead atoms. The van der Waals surface area contributed by atoms with E-state index in [0.717, 1.165) is 21.5 Å². The molecule has 0 aliphatic heterocycles. The first kappa shape index (κ1) is 13.9. The number of ether oxygens (including phenoxy) is 1. The van der Waals surface area contributed by atoms with Crippen LogP contribution in [0.5, 0.6) is 5.75 Å². The Balaban J connectivity index is 2.08. The van der Waals surface area contributed by atoms with Crippen molar-refractivity contribution in [3.8, 4) is 17.1 Å². The Morgan fingerprint density at radius 2 is 2.19 bits per heavy atom. The third-order valence-electron chi connectivity index (χ3n) is 3.24. The maximum Gasteiger partial charge on any atom is 0.156 e. The SMILES string of the molecule is CC[S+]([O-])c1ccc(-c2nc3cnccc3[nH]2)c(OC)c1. The van der Waals surface area contributed by atoms with Crippen LogP contribution in [0.1, 0.15) is 6.92 Å². The van der Waals surface area contributed by atoms with E-state index in [4.69, 9.17) is 4.74 Å². The number of hydrogen-bond acceptors (Lipinski definition) is 4. The molecule has 0 fully saturated rings. The van der Waals surface area contributed by atoms with Crippen molar-refractivity contribution in [1.82, 2.24) is 15.0 Å². The molecule has 0 aliphatic rings. The highest BCUT2D eigenvalue weighted by molar-refractivity contribution is 7.91. The summed E-state index contributed by atoms with van der Waals surface area (Å²) in [5.41, 5.74) is 2.56. The van der Waals surface area contributed by atoms with Gasteiger partial charge in [0.05, 0.1) is 24.4 Å². The van der Waals surface area contributed by atoms with Crippen molar-refractivity contribution in [3.63, 3.8) is 0 Å². The summed E-state index contributed by atoms with van der Waals surface area (Å²) in [6.07, 6.45) is 3.43. The summed E-state index contributed by atoms with van der Waals surface area (Å²) in [6.45, 7) is 1.89. The molecule has 5 nitrogen and oxygen atoms in total. The van der Waals surface area contributed by atoms with Crippen LogP contribution in [0.4, 0.5) is 0 Å². The summed E-state index contributed by atoms with van der Waals surface area (Å²) in [4.78, 5) is 12.6. The van der Waals surface area contributed by atoms with Gasteiger partial charge in [0, 0.05) is 12.3 Å². The fourth-order valence-corrected chi connectivity index (χ4v) is 2.95. The van der Waals surface area contributed by atoms with Crippen LogP contribution >= 0.6 is 0 Å². The second-order valence-corrected chi connectivity index (χ2v) is 6.21. The molecule has 3 aromatic rings. The largest absolute Gasteiger partial charge is 0.611 e. The van der Waals surface area contributed by atoms with E-state index in [9.17, 15) is 4.55 Å². The Kier molecular flexibility index (Phi) is 3.81. The number of imidazole rings is 1. The molecule has 0 saturated carbocycles. The number of pyridine rings is 1. The molecule has 1 N–H and O–H groups in total. The molecular formula is C15H15N3O2S. The topological polar surface area (TPSA) is 73.9 Å². The molecule has 21 heavy (non-hydrogen) atoms. The lowest BCUT2D eigenvalue weighted by Crippen LogP contribution is -2.04. The van der Waals surface area contributed by atoms with Crippen LogP contribution in [-0.4, -0.2) is 32.4 Å². The van der Waals surface area contributed by atoms with Crippen molar-refractivity contribution in [1.29, 1.82) is 0 Å². The molecule has 0 radical (unpaired) electrons. The minimum atomic E-state index is -1.00. The molecule has 2 aromatic heterocycles. The molecule has 0 saturated heterocycles. The third kappa shape index (κ3) is 2.59. The highest BCUT2D eigenvalue weighted by Crippen LogP contribution is 2.31. The van der Waals surface area contributed by atoms with Crippen molar-refractivity contribution >= 4 is 22.2 Å². The van der Waals surface area contributed by atoms with Gasteiger partial charge in [-0.25, -0.2) is 4.98 Å². The summed E-state index contributed by atoms with van der Waals surface area (Å²) < 4.78 is 17.3. The standard InChI is InChI=1S/C15H15N3O2S/c1-3-21(19)10-4-5-11(14(8-10)20-2)15-17-12-6-7-16-9-13(12)18-15/h4-9H,3H2,1-2H3,(H,17,18). The molecule has 6 heteroatoms. The number of aromatic nitrogens is 3. The lowest BCUT2D eigenvalue weighted by molar-refractivity contribution is 0.415. The quantitative estimate of drug-likeness (QED) is 0.752. The van der Waals surface area contributed by atoms with Gasteiger partial charge in [0.2, 0.25) is 0 Å². The molecule has 0 amide bonds. The van der Waals surface area contributed by atoms with Gasteiger partial charge >= 0.3 is 0 Å². The fraction of sp³-hybridized carbons (Fsp3) is 0.200. The van der Waals surface area contributed by atoms with E-state index in [-0.39, 0.29) is 0 Å². The van der Waals surface area contributed by atoms with Gasteiger partial charge < -0.3 is 14.3 Å². The molecule has 1 atom stereocenters. The Morgan fingerprint density at radius 1 is 1.33 bits per heavy atom. The van der Waals surface area contributed by atoms with Crippen LogP contribution in [0.15, 0.2) is 41.6 Å². The summed E-state index contributed by atoms with van der Waals surface area (Å²) >= 11 is -1.00. The van der Waals surface area contributed by atoms with Crippen LogP contribution in [0.2, 0.25) is 0 Å². The van der Waals surface area contributed by atoms with Gasteiger partial charge in [-0.15, -0.1) is 0 Å². The van der Waals surface area contributed by atoms with E-state index in [1.54, 1.807) is 25.6 Å². The van der Waals surface area contributed by atoms with E-state index < -0.39 is 11.2 Å². The molecule has 1 unspecified atom stereocenters. The molecule has 3 rings (SSSR count). The first-order valence-electron chi connectivity index (χ1n) is 6.59. The van der Waals surface area contributed by atoms with Gasteiger partial charge in [-0.3, -0.25) is 4.98 Å². The van der Waals surface area contributed by atoms with Crippen LogP contribution in [0.3, 0.4) is 0 Å². The fourth-order valence-electron chi connectivity index (χ4n) is 2.16. The van der Waals surface area contributed by atoms with Crippen LogP contribution in [0, 0.1) is 0 Å². The van der Waals surface area contributed by atoms with Gasteiger partial charge in [0.1, 0.15) is 22.8 Å². The van der Waals surface area contributed by atoms with Crippen molar-refractivity contribution in [2.24, 2.45) is 0 Å². The highest BCUT2D eigenvalue weighted by Gasteiger charge is 2.15. The van der Waals surface area contributed by atoms with Crippen LogP contribution in [0.25, 0.3) is 22.4 Å². The zero-order chi connectivity index (χ0) is 14.8. The number of hydrogen-bond donors (Lipinski definition) is 1. The second kappa shape index (κ2) is 5.75. The van der Waals surface area contributed by atoms with Crippen molar-refractivity contribution in [2.75, 3.05) is 12.9 Å². The van der Waals surface area contributed by atoms with E-state index in [1.165, 1.54) is 0 Å². The molecular weight excluding hydrogens is 286 g/mol. The maximum absolute atomic E-state index is 11.9. The number of rotatable bonds is 4. The Bertz CT molecular complexity index is 739. The number of nitrogens with zero attached hydrogens (tertiary/aromatic N) is 2. The van der Waals surface area contributed by atoms with Gasteiger partial charge in [-0.1, -0.05) is 0 Å². The second-order valence-electron chi connectivity index (χ2n) is 4.47. The predicted molar refractivity (Wildman–Crippen MR) is 82.8 cm³/mol. The van der Waals surface area contributed by atoms with Crippen LogP contribution < -0.4 is 4.74 Å². The monoisotopic (exact) mass is 301 g/mol. The van der Waals surface area contributed by atoms with Crippen molar-refractivity contribution in [3.05, 3.63) is 36.7 Å². The molecule has 0 spiro atoms. The normalized spacial score (nSPS) is 12.5. The number of nitrogens with one attached hydrogen (secondary N) is 1. The summed E-state index contributed by atoms with van der Waals surface area (Å²) in [5, 5.41) is 0. The van der Waals surface area contributed by atoms with Gasteiger partial charge in [-0.2, -0.15) is 0 Å². The molecule has 2 heterocycles. The third-order valence-corrected chi connectivity index (χ3v) is 4.54. The van der Waals surface area contributed by atoms with E-state index in [2.05, 4.69) is 15.0 Å². The lowest BCUT2D eigenvalue weighted by Gasteiger charge is -2.11. The Labute approximate surface area is 125 Å². The lowest BCUT2D eigenvalue weighted by atomic mass is 10.2. The van der Waals surface area contributed by atoms with E-state index in [0.29, 0.717) is 17.3 Å². The zero-order valence-electron chi connectivity index (χ0n) is 11.8. The summed E-state index contributed by atoms with van der Waals surface area (Å²) in [6, 6.07) is 7.41. The summed E-state index contributed by atoms with van der Waals surface area (Å²) in [5.74, 6) is 1.95. The number of aromatic amines is 1. The number of fused-ring (bicyclic) bond motifs is 1. The number of methoxy groups -OCH3 is 1. The first-order valence-corrected chi connectivity index (χ1v) is 7.91. The van der Waals surface area contributed by atoms with E-state index in [1.807, 2.05) is 25.1 Å². The van der Waals surface area contributed by atoms with Crippen molar-refractivity contribution in [2.45, 2.75) is 11.8 Å². The zero-order valence-corrected chi connectivity index (χ0v) is 12.6. The number of H-pyrrole nitrogens is 1. The Hall–Kier alpha value is -2.05. The van der Waals surface area contributed by atoms with E-state index >= 15 is 0 Å². The average molecular weight is 301 g/mol. The minimum Gasteiger partial charge on any atom is -0.611 e. The number of benzene rings is 1. The highest BCUT2D eigenvalue weighted by atomic mass is 32.2. The molecule has 0 aliphatic carbocycles. The minimum absolute atomic E-state index is 0.582. The first-order chi connectivity index (χ1) is 10.2. The molecule has 1 aromatic carbocycles. The van der Waals surface area contributed by atoms with Gasteiger partial charge in [-0.05, 0) is 36.3 Å². The maximum atomic E-state index is 11.9. The van der Waals surface area contributed by atoms with Gasteiger partial charge in [0.15, 0.2) is 4.90 Å². The predicted octanol–water partition coefficient (Wildman–Crippen LogP) is 2.76. The summed E-state index contributed by atoms with van der Waals surface area (Å²) in [7, 11) is 1.60. The Morgan fingerprint density at radius 3 is 2.90 bits per heavy atom. The molecule has 108 valence electrons. The van der Waals surface area contributed by atoms with Crippen molar-refractivity contribution < 1.29 is 9.29 Å². The average Bonchev–Trinajstić information content (AvgIpc) is 2.97. The van der Waals surface area contributed by atoms with Gasteiger partial charge in [0.25, 0.3) is 0 Å². The van der Waals surface area contributed by atoms with Crippen LogP contribution in [-0.2, 0) is 11.2 Å².